The lowest BCUT2D eigenvalue weighted by molar-refractivity contribution is -0.130. The molecule has 0 radical (unpaired) electrons. The van der Waals surface area contributed by atoms with Gasteiger partial charge in [0.15, 0.2) is 0 Å². The Balaban J connectivity index is 0.000000302. The summed E-state index contributed by atoms with van der Waals surface area (Å²) in [4.78, 5) is 16.0. The van der Waals surface area contributed by atoms with Gasteiger partial charge in [0.25, 0.3) is 0 Å². The van der Waals surface area contributed by atoms with Crippen LogP contribution in [0.1, 0.15) is 42.7 Å². The molecule has 8 heteroatoms. The van der Waals surface area contributed by atoms with E-state index < -0.39 is 0 Å². The maximum Gasteiger partial charge on any atom is 0.236 e. The molecule has 5 nitrogen and oxygen atoms in total. The second-order valence-electron chi connectivity index (χ2n) is 8.83. The van der Waals surface area contributed by atoms with Gasteiger partial charge in [0.2, 0.25) is 5.91 Å². The molecule has 4 rings (SSSR count). The second-order valence-corrected chi connectivity index (χ2v) is 10.1. The van der Waals surface area contributed by atoms with E-state index in [0.717, 1.165) is 48.8 Å². The highest BCUT2D eigenvalue weighted by atomic mass is 35.5. The zero-order valence-electron chi connectivity index (χ0n) is 19.7. The standard InChI is InChI=1S/C19H28ClN3O2.C7H6Cl2/c20-16-3-4-17(15-5-9-23(10-6-15)19(24)14-21)18(13-16)25-12-11-22-7-1-2-8-22;1-5-2-3-6(8)4-7(5)9/h3-4,13,15H,1-2,5-12,14,21H2;2-4H,1H3. The van der Waals surface area contributed by atoms with Gasteiger partial charge >= 0.3 is 0 Å². The van der Waals surface area contributed by atoms with Crippen LogP contribution in [-0.4, -0.2) is 61.6 Å². The summed E-state index contributed by atoms with van der Waals surface area (Å²) in [6, 6.07) is 11.4. The van der Waals surface area contributed by atoms with Crippen LogP contribution in [0, 0.1) is 6.92 Å². The fourth-order valence-electron chi connectivity index (χ4n) is 4.40. The first kappa shape index (κ1) is 27.1. The molecule has 1 amide bonds. The zero-order valence-corrected chi connectivity index (χ0v) is 22.0. The predicted octanol–water partition coefficient (Wildman–Crippen LogP) is 5.78. The Bertz CT molecular complexity index is 943. The normalized spacial score (nSPS) is 16.8. The molecule has 2 aliphatic heterocycles. The number of likely N-dealkylation sites (tertiary alicyclic amines) is 2. The van der Waals surface area contributed by atoms with Crippen LogP contribution in [-0.2, 0) is 4.79 Å². The van der Waals surface area contributed by atoms with Crippen LogP contribution in [0.15, 0.2) is 36.4 Å². The van der Waals surface area contributed by atoms with Crippen molar-refractivity contribution in [2.75, 3.05) is 45.9 Å². The van der Waals surface area contributed by atoms with Crippen molar-refractivity contribution >= 4 is 40.7 Å². The van der Waals surface area contributed by atoms with Crippen molar-refractivity contribution in [3.05, 3.63) is 62.6 Å². The third-order valence-corrected chi connectivity index (χ3v) is 7.31. The summed E-state index contributed by atoms with van der Waals surface area (Å²) >= 11 is 17.6. The quantitative estimate of drug-likeness (QED) is 0.518. The van der Waals surface area contributed by atoms with Gasteiger partial charge in [0.1, 0.15) is 12.4 Å². The molecule has 0 bridgehead atoms. The van der Waals surface area contributed by atoms with E-state index in [2.05, 4.69) is 11.0 Å². The number of carbonyl (C=O) groups excluding carboxylic acids is 1. The van der Waals surface area contributed by atoms with E-state index in [1.165, 1.54) is 31.5 Å². The number of aryl methyl sites for hydroxylation is 1. The molecule has 2 fully saturated rings. The lowest BCUT2D eigenvalue weighted by Crippen LogP contribution is -2.41. The summed E-state index contributed by atoms with van der Waals surface area (Å²) in [6.07, 6.45) is 4.47. The summed E-state index contributed by atoms with van der Waals surface area (Å²) in [5.41, 5.74) is 7.74. The zero-order chi connectivity index (χ0) is 24.5. The molecule has 34 heavy (non-hydrogen) atoms. The third kappa shape index (κ3) is 8.03. The van der Waals surface area contributed by atoms with Crippen LogP contribution in [0.4, 0.5) is 0 Å². The summed E-state index contributed by atoms with van der Waals surface area (Å²) in [6.45, 7) is 7.58. The third-order valence-electron chi connectivity index (χ3n) is 6.44. The first-order chi connectivity index (χ1) is 16.4. The Kier molecular flexibility index (Phi) is 10.8. The van der Waals surface area contributed by atoms with Crippen molar-refractivity contribution in [1.29, 1.82) is 0 Å². The van der Waals surface area contributed by atoms with Crippen LogP contribution in [0.2, 0.25) is 15.1 Å². The molecule has 2 aromatic carbocycles. The first-order valence-corrected chi connectivity index (χ1v) is 13.0. The van der Waals surface area contributed by atoms with Crippen molar-refractivity contribution in [2.45, 2.75) is 38.5 Å². The van der Waals surface area contributed by atoms with Gasteiger partial charge in [-0.1, -0.05) is 46.9 Å². The molecule has 2 aromatic rings. The topological polar surface area (TPSA) is 58.8 Å². The molecular weight excluding hydrogens is 493 g/mol. The lowest BCUT2D eigenvalue weighted by atomic mass is 9.88. The summed E-state index contributed by atoms with van der Waals surface area (Å²) < 4.78 is 6.10. The van der Waals surface area contributed by atoms with E-state index in [0.29, 0.717) is 22.6 Å². The Labute approximate surface area is 218 Å². The van der Waals surface area contributed by atoms with Gasteiger partial charge < -0.3 is 15.4 Å². The highest BCUT2D eigenvalue weighted by Crippen LogP contribution is 2.36. The number of ether oxygens (including phenoxy) is 1. The van der Waals surface area contributed by atoms with Crippen molar-refractivity contribution in [2.24, 2.45) is 5.73 Å². The maximum atomic E-state index is 11.7. The van der Waals surface area contributed by atoms with Crippen LogP contribution in [0.5, 0.6) is 5.75 Å². The summed E-state index contributed by atoms with van der Waals surface area (Å²) in [7, 11) is 0. The Morgan fingerprint density at radius 3 is 2.26 bits per heavy atom. The van der Waals surface area contributed by atoms with Gasteiger partial charge in [-0.05, 0) is 87.0 Å². The number of rotatable bonds is 6. The number of benzene rings is 2. The summed E-state index contributed by atoms with van der Waals surface area (Å²) in [5.74, 6) is 1.34. The average molecular weight is 527 g/mol. The van der Waals surface area contributed by atoms with E-state index >= 15 is 0 Å². The molecule has 0 unspecified atom stereocenters. The number of hydrogen-bond donors (Lipinski definition) is 1. The Hall–Kier alpha value is -1.50. The molecule has 2 heterocycles. The second kappa shape index (κ2) is 13.6. The van der Waals surface area contributed by atoms with Crippen LogP contribution in [0.25, 0.3) is 0 Å². The lowest BCUT2D eigenvalue weighted by Gasteiger charge is -2.32. The monoisotopic (exact) mass is 525 g/mol. The molecule has 2 aliphatic rings. The van der Waals surface area contributed by atoms with E-state index in [1.807, 2.05) is 36.1 Å². The fraction of sp³-hybridized carbons (Fsp3) is 0.500. The molecule has 2 saturated heterocycles. The van der Waals surface area contributed by atoms with Gasteiger partial charge in [0.05, 0.1) is 6.54 Å². The molecular formula is C26H34Cl3N3O2. The molecule has 0 aliphatic carbocycles. The molecule has 0 spiro atoms. The van der Waals surface area contributed by atoms with Gasteiger partial charge in [-0.15, -0.1) is 0 Å². The first-order valence-electron chi connectivity index (χ1n) is 11.9. The maximum absolute atomic E-state index is 11.7. The van der Waals surface area contributed by atoms with Crippen LogP contribution >= 0.6 is 34.8 Å². The Morgan fingerprint density at radius 2 is 1.65 bits per heavy atom. The fourth-order valence-corrected chi connectivity index (χ4v) is 4.97. The van der Waals surface area contributed by atoms with Crippen molar-refractivity contribution in [3.63, 3.8) is 0 Å². The molecule has 0 atom stereocenters. The SMILES string of the molecule is Cc1ccc(Cl)cc1Cl.NCC(=O)N1CCC(c2ccc(Cl)cc2OCCN2CCCC2)CC1. The van der Waals surface area contributed by atoms with Crippen LogP contribution in [0.3, 0.4) is 0 Å². The minimum Gasteiger partial charge on any atom is -0.492 e. The molecule has 2 N–H and O–H groups in total. The number of amides is 1. The minimum absolute atomic E-state index is 0.0386. The largest absolute Gasteiger partial charge is 0.492 e. The number of hydrogen-bond acceptors (Lipinski definition) is 4. The number of halogens is 3. The smallest absolute Gasteiger partial charge is 0.236 e. The molecule has 186 valence electrons. The summed E-state index contributed by atoms with van der Waals surface area (Å²) in [5, 5.41) is 2.11. The van der Waals surface area contributed by atoms with E-state index in [-0.39, 0.29) is 12.5 Å². The van der Waals surface area contributed by atoms with Gasteiger partial charge in [-0.3, -0.25) is 9.69 Å². The molecule has 0 aromatic heterocycles. The number of nitrogens with zero attached hydrogens (tertiary/aromatic N) is 2. The van der Waals surface area contributed by atoms with Gasteiger partial charge in [-0.25, -0.2) is 0 Å². The van der Waals surface area contributed by atoms with E-state index in [1.54, 1.807) is 6.07 Å². The van der Waals surface area contributed by atoms with Gasteiger partial charge in [0, 0.05) is 34.7 Å². The van der Waals surface area contributed by atoms with Crippen molar-refractivity contribution in [1.82, 2.24) is 9.80 Å². The predicted molar refractivity (Wildman–Crippen MR) is 141 cm³/mol. The highest BCUT2D eigenvalue weighted by molar-refractivity contribution is 6.35. The number of piperidine rings is 1. The Morgan fingerprint density at radius 1 is 1.00 bits per heavy atom. The van der Waals surface area contributed by atoms with Crippen LogP contribution < -0.4 is 10.5 Å². The highest BCUT2D eigenvalue weighted by Gasteiger charge is 2.25. The van der Waals surface area contributed by atoms with E-state index in [4.69, 9.17) is 45.3 Å². The average Bonchev–Trinajstić information content (AvgIpc) is 3.35. The minimum atomic E-state index is 0.0386. The van der Waals surface area contributed by atoms with Crippen molar-refractivity contribution < 1.29 is 9.53 Å². The van der Waals surface area contributed by atoms with Gasteiger partial charge in [-0.2, -0.15) is 0 Å². The number of carbonyl (C=O) groups is 1. The molecule has 0 saturated carbocycles. The number of nitrogens with two attached hydrogens (primary N) is 1. The van der Waals surface area contributed by atoms with E-state index in [9.17, 15) is 4.79 Å². The van der Waals surface area contributed by atoms with Crippen molar-refractivity contribution in [3.8, 4) is 5.75 Å².